The predicted octanol–water partition coefficient (Wildman–Crippen LogP) is 3.98. The minimum atomic E-state index is -0.193. The molecule has 1 unspecified atom stereocenters. The molecule has 0 radical (unpaired) electrons. The molecule has 5 aromatic rings. The Hall–Kier alpha value is -4.53. The molecule has 1 N–H and O–H groups in total. The van der Waals surface area contributed by atoms with Crippen LogP contribution in [-0.4, -0.2) is 35.5 Å². The van der Waals surface area contributed by atoms with Crippen molar-refractivity contribution in [2.45, 2.75) is 32.8 Å². The molecule has 4 heterocycles. The highest BCUT2D eigenvalue weighted by Crippen LogP contribution is 2.41. The minimum absolute atomic E-state index is 0.0841. The molecule has 1 aliphatic heterocycles. The second-order valence-electron chi connectivity index (χ2n) is 8.69. The number of amides is 1. The lowest BCUT2D eigenvalue weighted by Gasteiger charge is -2.25. The number of ether oxygens (including phenoxy) is 1. The smallest absolute Gasteiger partial charge is 0.226 e. The summed E-state index contributed by atoms with van der Waals surface area (Å²) in [5.41, 5.74) is 4.81. The maximum Gasteiger partial charge on any atom is 0.226 e. The van der Waals surface area contributed by atoms with Crippen LogP contribution >= 0.6 is 0 Å². The molecule has 2 aromatic carbocycles. The van der Waals surface area contributed by atoms with Crippen LogP contribution in [0.4, 0.5) is 5.82 Å². The Labute approximate surface area is 201 Å². The summed E-state index contributed by atoms with van der Waals surface area (Å²) in [7, 11) is 0. The van der Waals surface area contributed by atoms with Crippen LogP contribution in [0.15, 0.2) is 66.9 Å². The second kappa shape index (κ2) is 8.35. The second-order valence-corrected chi connectivity index (χ2v) is 8.69. The Morgan fingerprint density at radius 1 is 1.00 bits per heavy atom. The van der Waals surface area contributed by atoms with E-state index in [1.807, 2.05) is 43.3 Å². The molecule has 0 saturated carbocycles. The van der Waals surface area contributed by atoms with Gasteiger partial charge in [0, 0.05) is 23.5 Å². The van der Waals surface area contributed by atoms with E-state index < -0.39 is 0 Å². The number of fused-ring (bicyclic) bond motifs is 2. The minimum Gasteiger partial charge on any atom is -0.489 e. The maximum atomic E-state index is 12.8. The van der Waals surface area contributed by atoms with E-state index >= 15 is 0 Å². The number of rotatable bonds is 5. The van der Waals surface area contributed by atoms with Crippen molar-refractivity contribution in [1.29, 1.82) is 0 Å². The Morgan fingerprint density at radius 3 is 2.69 bits per heavy atom. The van der Waals surface area contributed by atoms with Gasteiger partial charge in [-0.05, 0) is 37.6 Å². The summed E-state index contributed by atoms with van der Waals surface area (Å²) >= 11 is 0. The van der Waals surface area contributed by atoms with Crippen LogP contribution in [-0.2, 0) is 11.4 Å². The molecule has 1 aliphatic rings. The van der Waals surface area contributed by atoms with E-state index in [1.54, 1.807) is 15.4 Å². The van der Waals surface area contributed by atoms with Crippen LogP contribution < -0.4 is 10.1 Å². The number of hydrogen-bond donors (Lipinski definition) is 1. The Morgan fingerprint density at radius 2 is 1.83 bits per heavy atom. The van der Waals surface area contributed by atoms with Gasteiger partial charge >= 0.3 is 0 Å². The lowest BCUT2D eigenvalue weighted by atomic mass is 9.87. The number of aromatic nitrogens is 6. The molecule has 1 amide bonds. The molecule has 9 heteroatoms. The van der Waals surface area contributed by atoms with Gasteiger partial charge in [0.1, 0.15) is 18.2 Å². The SMILES string of the molecule is Cc1ccc(COc2ccccc2C2CC(=O)Nc3c2cnn3-c2ccc3nnc(C)n3n2)cc1. The zero-order chi connectivity index (χ0) is 23.9. The first-order valence-corrected chi connectivity index (χ1v) is 11.4. The first-order chi connectivity index (χ1) is 17.1. The number of anilines is 1. The molecular weight excluding hydrogens is 442 g/mol. The summed E-state index contributed by atoms with van der Waals surface area (Å²) in [5, 5.41) is 20.3. The standard InChI is InChI=1S/C26H23N7O2/c1-16-7-9-18(10-8-16)15-35-22-6-4-3-5-19(22)20-13-25(34)28-26-21(20)14-27-33(26)24-12-11-23-30-29-17(2)32(23)31-24/h3-12,14,20H,13,15H2,1-2H3,(H,28,34). The number of para-hydroxylation sites is 1. The number of benzene rings is 2. The molecular formula is C26H23N7O2. The van der Waals surface area contributed by atoms with E-state index in [4.69, 9.17) is 4.74 Å². The molecule has 0 fully saturated rings. The fourth-order valence-electron chi connectivity index (χ4n) is 4.42. The lowest BCUT2D eigenvalue weighted by Crippen LogP contribution is -2.25. The average Bonchev–Trinajstić information content (AvgIpc) is 3.46. The third kappa shape index (κ3) is 3.80. The van der Waals surface area contributed by atoms with E-state index in [1.165, 1.54) is 5.56 Å². The highest BCUT2D eigenvalue weighted by atomic mass is 16.5. The monoisotopic (exact) mass is 465 g/mol. The molecule has 35 heavy (non-hydrogen) atoms. The van der Waals surface area contributed by atoms with Gasteiger partial charge in [-0.25, -0.2) is 0 Å². The zero-order valence-electron chi connectivity index (χ0n) is 19.3. The third-order valence-corrected chi connectivity index (χ3v) is 6.25. The van der Waals surface area contributed by atoms with Crippen molar-refractivity contribution >= 4 is 17.4 Å². The molecule has 6 rings (SSSR count). The van der Waals surface area contributed by atoms with Gasteiger partial charge < -0.3 is 10.1 Å². The fraction of sp³-hybridized carbons (Fsp3) is 0.192. The normalized spacial score (nSPS) is 15.1. The number of carbonyl (C=O) groups excluding carboxylic acids is 1. The van der Waals surface area contributed by atoms with Gasteiger partial charge in [-0.1, -0.05) is 48.0 Å². The Balaban J connectivity index is 1.36. The predicted molar refractivity (Wildman–Crippen MR) is 130 cm³/mol. The summed E-state index contributed by atoms with van der Waals surface area (Å²) < 4.78 is 9.52. The molecule has 0 spiro atoms. The number of nitrogens with zero attached hydrogens (tertiary/aromatic N) is 6. The van der Waals surface area contributed by atoms with E-state index in [9.17, 15) is 4.79 Å². The molecule has 0 aliphatic carbocycles. The van der Waals surface area contributed by atoms with Crippen molar-refractivity contribution < 1.29 is 9.53 Å². The van der Waals surface area contributed by atoms with Gasteiger partial charge in [-0.2, -0.15) is 14.3 Å². The summed E-state index contributed by atoms with van der Waals surface area (Å²) in [4.78, 5) is 12.8. The van der Waals surface area contributed by atoms with Gasteiger partial charge in [0.2, 0.25) is 5.91 Å². The van der Waals surface area contributed by atoms with Gasteiger partial charge in [0.25, 0.3) is 0 Å². The maximum absolute atomic E-state index is 12.8. The quantitative estimate of drug-likeness (QED) is 0.422. The van der Waals surface area contributed by atoms with Crippen LogP contribution in [0.3, 0.4) is 0 Å². The number of aryl methyl sites for hydroxylation is 2. The van der Waals surface area contributed by atoms with Crippen LogP contribution in [0, 0.1) is 13.8 Å². The number of nitrogens with one attached hydrogen (secondary N) is 1. The van der Waals surface area contributed by atoms with Gasteiger partial charge in [0.15, 0.2) is 17.3 Å². The van der Waals surface area contributed by atoms with E-state index in [-0.39, 0.29) is 11.8 Å². The molecule has 174 valence electrons. The van der Waals surface area contributed by atoms with Crippen molar-refractivity contribution in [3.05, 3.63) is 94.9 Å². The average molecular weight is 466 g/mol. The van der Waals surface area contributed by atoms with Crippen molar-refractivity contribution in [2.75, 3.05) is 5.32 Å². The fourth-order valence-corrected chi connectivity index (χ4v) is 4.42. The number of carbonyl (C=O) groups is 1. The van der Waals surface area contributed by atoms with Crippen molar-refractivity contribution in [2.24, 2.45) is 0 Å². The summed E-state index contributed by atoms with van der Waals surface area (Å²) in [6, 6.07) is 19.8. The van der Waals surface area contributed by atoms with Gasteiger partial charge in [0.05, 0.1) is 6.20 Å². The van der Waals surface area contributed by atoms with E-state index in [2.05, 4.69) is 56.9 Å². The van der Waals surface area contributed by atoms with E-state index in [0.717, 1.165) is 22.4 Å². The Bertz CT molecular complexity index is 1550. The van der Waals surface area contributed by atoms with Gasteiger partial charge in [-0.3, -0.25) is 4.79 Å². The van der Waals surface area contributed by atoms with Crippen molar-refractivity contribution in [3.8, 4) is 11.6 Å². The molecule has 0 saturated heterocycles. The van der Waals surface area contributed by atoms with Crippen LogP contribution in [0.25, 0.3) is 11.5 Å². The lowest BCUT2D eigenvalue weighted by molar-refractivity contribution is -0.116. The summed E-state index contributed by atoms with van der Waals surface area (Å²) in [6.07, 6.45) is 2.10. The first kappa shape index (κ1) is 21.0. The third-order valence-electron chi connectivity index (χ3n) is 6.25. The first-order valence-electron chi connectivity index (χ1n) is 11.4. The van der Waals surface area contributed by atoms with Crippen molar-refractivity contribution in [3.63, 3.8) is 0 Å². The van der Waals surface area contributed by atoms with Crippen LogP contribution in [0.2, 0.25) is 0 Å². The molecule has 0 bridgehead atoms. The number of hydrogen-bond acceptors (Lipinski definition) is 6. The Kier molecular flexibility index (Phi) is 5.02. The molecule has 3 aromatic heterocycles. The highest BCUT2D eigenvalue weighted by molar-refractivity contribution is 5.94. The van der Waals surface area contributed by atoms with Crippen LogP contribution in [0.1, 0.15) is 40.4 Å². The van der Waals surface area contributed by atoms with E-state index in [0.29, 0.717) is 36.1 Å². The topological polar surface area (TPSA) is 99.2 Å². The zero-order valence-corrected chi connectivity index (χ0v) is 19.3. The molecule has 1 atom stereocenters. The summed E-state index contributed by atoms with van der Waals surface area (Å²) in [5.74, 6) is 2.32. The van der Waals surface area contributed by atoms with Gasteiger partial charge in [-0.15, -0.1) is 15.3 Å². The van der Waals surface area contributed by atoms with Crippen LogP contribution in [0.5, 0.6) is 5.75 Å². The highest BCUT2D eigenvalue weighted by Gasteiger charge is 2.32. The van der Waals surface area contributed by atoms with Crippen molar-refractivity contribution in [1.82, 2.24) is 29.6 Å². The molecule has 9 nitrogen and oxygen atoms in total. The summed E-state index contributed by atoms with van der Waals surface area (Å²) in [6.45, 7) is 4.35. The largest absolute Gasteiger partial charge is 0.489 e.